The van der Waals surface area contributed by atoms with Crippen LogP contribution in [0.2, 0.25) is 0 Å². The second-order valence-electron chi connectivity index (χ2n) is 6.95. The Kier molecular flexibility index (Phi) is 5.96. The second kappa shape index (κ2) is 8.59. The van der Waals surface area contributed by atoms with Gasteiger partial charge in [0.2, 0.25) is 5.91 Å². The number of nitro groups is 1. The number of hydrogen-bond acceptors (Lipinski definition) is 5. The number of amides is 1. The van der Waals surface area contributed by atoms with Gasteiger partial charge in [-0.15, -0.1) is 0 Å². The van der Waals surface area contributed by atoms with Crippen molar-refractivity contribution >= 4 is 17.3 Å². The van der Waals surface area contributed by atoms with Gasteiger partial charge in [-0.05, 0) is 35.2 Å². The zero-order valence-corrected chi connectivity index (χ0v) is 15.9. The van der Waals surface area contributed by atoms with Gasteiger partial charge in [0, 0.05) is 6.07 Å². The topological polar surface area (TPSA) is 103 Å². The van der Waals surface area contributed by atoms with E-state index < -0.39 is 16.6 Å². The van der Waals surface area contributed by atoms with Gasteiger partial charge < -0.3 is 5.32 Å². The molecular formula is C20H20FN5O3. The summed E-state index contributed by atoms with van der Waals surface area (Å²) in [6.45, 7) is 3.97. The van der Waals surface area contributed by atoms with Gasteiger partial charge in [-0.2, -0.15) is 5.10 Å². The van der Waals surface area contributed by atoms with Crippen molar-refractivity contribution in [2.45, 2.75) is 26.3 Å². The zero-order chi connectivity index (χ0) is 21.0. The number of hydrogen-bond donors (Lipinski definition) is 1. The molecule has 29 heavy (non-hydrogen) atoms. The minimum Gasteiger partial charge on any atom is -0.320 e. The van der Waals surface area contributed by atoms with Gasteiger partial charge in [-0.1, -0.05) is 32.0 Å². The van der Waals surface area contributed by atoms with Crippen LogP contribution >= 0.6 is 0 Å². The van der Waals surface area contributed by atoms with E-state index >= 15 is 0 Å². The Hall–Kier alpha value is -3.62. The Labute approximate surface area is 166 Å². The molecule has 1 aromatic heterocycles. The van der Waals surface area contributed by atoms with Crippen molar-refractivity contribution in [3.05, 3.63) is 82.2 Å². The molecule has 1 unspecified atom stereocenters. The normalized spacial score (nSPS) is 12.0. The summed E-state index contributed by atoms with van der Waals surface area (Å²) >= 11 is 0. The minimum atomic E-state index is -0.532. The Bertz CT molecular complexity index is 1000. The van der Waals surface area contributed by atoms with Crippen LogP contribution in [0.25, 0.3) is 0 Å². The van der Waals surface area contributed by atoms with E-state index in [4.69, 9.17) is 0 Å². The number of nitro benzene ring substituents is 1. The Balaban J connectivity index is 1.85. The van der Waals surface area contributed by atoms with E-state index in [2.05, 4.69) is 15.4 Å². The first-order valence-corrected chi connectivity index (χ1v) is 9.02. The molecule has 0 aliphatic carbocycles. The van der Waals surface area contributed by atoms with Crippen molar-refractivity contribution in [3.8, 4) is 0 Å². The molecule has 0 radical (unpaired) electrons. The van der Waals surface area contributed by atoms with Crippen LogP contribution in [0.4, 0.5) is 15.8 Å². The Morgan fingerprint density at radius 3 is 2.55 bits per heavy atom. The highest BCUT2D eigenvalue weighted by Crippen LogP contribution is 2.32. The summed E-state index contributed by atoms with van der Waals surface area (Å²) in [6, 6.07) is 9.97. The van der Waals surface area contributed by atoms with Gasteiger partial charge in [-0.25, -0.2) is 14.1 Å². The largest absolute Gasteiger partial charge is 0.320 e. The maximum Gasteiger partial charge on any atom is 0.293 e. The van der Waals surface area contributed by atoms with Gasteiger partial charge >= 0.3 is 0 Å². The zero-order valence-electron chi connectivity index (χ0n) is 15.9. The van der Waals surface area contributed by atoms with Crippen molar-refractivity contribution in [1.29, 1.82) is 0 Å². The predicted octanol–water partition coefficient (Wildman–Crippen LogP) is 3.75. The summed E-state index contributed by atoms with van der Waals surface area (Å²) in [7, 11) is 0. The molecule has 2 aromatic carbocycles. The molecule has 1 heterocycles. The van der Waals surface area contributed by atoms with Crippen LogP contribution in [0.5, 0.6) is 0 Å². The molecule has 1 atom stereocenters. The van der Waals surface area contributed by atoms with Crippen molar-refractivity contribution in [1.82, 2.24) is 14.8 Å². The minimum absolute atomic E-state index is 0.0211. The van der Waals surface area contributed by atoms with E-state index in [0.29, 0.717) is 11.1 Å². The lowest BCUT2D eigenvalue weighted by molar-refractivity contribution is -0.384. The fraction of sp³-hybridized carbons (Fsp3) is 0.250. The maximum atomic E-state index is 13.0. The molecule has 0 fully saturated rings. The summed E-state index contributed by atoms with van der Waals surface area (Å²) in [6.07, 6.45) is 2.95. The number of rotatable bonds is 7. The highest BCUT2D eigenvalue weighted by molar-refractivity contribution is 5.94. The number of nitrogens with one attached hydrogen (secondary N) is 1. The number of carbonyl (C=O) groups is 1. The average Bonchev–Trinajstić information content (AvgIpc) is 3.18. The molecule has 9 heteroatoms. The molecular weight excluding hydrogens is 377 g/mol. The lowest BCUT2D eigenvalue weighted by Crippen LogP contribution is -2.18. The standard InChI is InChI=1S/C20H20FN5O3/c1-13(2)20(25-12-22-11-23-25)15-5-8-17(18(10-15)26(28)29)24-19(27)9-14-3-6-16(21)7-4-14/h3-8,10-13,20H,9H2,1-2H3,(H,24,27). The van der Waals surface area contributed by atoms with Crippen LogP contribution in [0, 0.1) is 21.8 Å². The average molecular weight is 397 g/mol. The molecule has 3 rings (SSSR count). The number of carbonyl (C=O) groups excluding carboxylic acids is 1. The van der Waals surface area contributed by atoms with Gasteiger partial charge in [0.05, 0.1) is 17.4 Å². The van der Waals surface area contributed by atoms with Crippen LogP contribution in [0.3, 0.4) is 0 Å². The number of aromatic nitrogens is 3. The molecule has 0 bridgehead atoms. The molecule has 0 spiro atoms. The molecule has 1 amide bonds. The van der Waals surface area contributed by atoms with E-state index in [1.807, 2.05) is 13.8 Å². The summed E-state index contributed by atoms with van der Waals surface area (Å²) in [5.41, 5.74) is 1.19. The number of nitrogens with zero attached hydrogens (tertiary/aromatic N) is 4. The first-order chi connectivity index (χ1) is 13.8. The van der Waals surface area contributed by atoms with Crippen LogP contribution in [0.1, 0.15) is 31.0 Å². The van der Waals surface area contributed by atoms with Crippen molar-refractivity contribution in [2.75, 3.05) is 5.32 Å². The summed E-state index contributed by atoms with van der Waals surface area (Å²) in [5.74, 6) is -0.716. The number of halogens is 1. The molecule has 0 aliphatic heterocycles. The Morgan fingerprint density at radius 1 is 1.24 bits per heavy atom. The van der Waals surface area contributed by atoms with E-state index in [9.17, 15) is 19.3 Å². The molecule has 150 valence electrons. The van der Waals surface area contributed by atoms with E-state index in [-0.39, 0.29) is 29.8 Å². The van der Waals surface area contributed by atoms with Crippen LogP contribution in [-0.2, 0) is 11.2 Å². The smallest absolute Gasteiger partial charge is 0.293 e. The second-order valence-corrected chi connectivity index (χ2v) is 6.95. The summed E-state index contributed by atoms with van der Waals surface area (Å²) in [4.78, 5) is 27.3. The third-order valence-corrected chi connectivity index (χ3v) is 4.47. The van der Waals surface area contributed by atoms with Gasteiger partial charge in [0.15, 0.2) is 0 Å². The summed E-state index contributed by atoms with van der Waals surface area (Å²) in [5, 5.41) is 18.3. The van der Waals surface area contributed by atoms with E-state index in [0.717, 1.165) is 0 Å². The van der Waals surface area contributed by atoms with Crippen LogP contribution in [-0.4, -0.2) is 25.6 Å². The molecule has 8 nitrogen and oxygen atoms in total. The molecule has 3 aromatic rings. The third kappa shape index (κ3) is 4.81. The highest BCUT2D eigenvalue weighted by Gasteiger charge is 2.24. The fourth-order valence-corrected chi connectivity index (χ4v) is 3.18. The predicted molar refractivity (Wildman–Crippen MR) is 105 cm³/mol. The van der Waals surface area contributed by atoms with Crippen LogP contribution < -0.4 is 5.32 Å². The third-order valence-electron chi connectivity index (χ3n) is 4.47. The van der Waals surface area contributed by atoms with Gasteiger partial charge in [-0.3, -0.25) is 14.9 Å². The fourth-order valence-electron chi connectivity index (χ4n) is 3.18. The first-order valence-electron chi connectivity index (χ1n) is 9.02. The van der Waals surface area contributed by atoms with Crippen LogP contribution in [0.15, 0.2) is 55.1 Å². The molecule has 0 aliphatic rings. The van der Waals surface area contributed by atoms with Crippen molar-refractivity contribution < 1.29 is 14.1 Å². The highest BCUT2D eigenvalue weighted by atomic mass is 19.1. The lowest BCUT2D eigenvalue weighted by Gasteiger charge is -2.21. The van der Waals surface area contributed by atoms with Gasteiger partial charge in [0.25, 0.3) is 5.69 Å². The maximum absolute atomic E-state index is 13.0. The summed E-state index contributed by atoms with van der Waals surface area (Å²) < 4.78 is 14.6. The van der Waals surface area contributed by atoms with Crippen molar-refractivity contribution in [2.24, 2.45) is 5.92 Å². The lowest BCUT2D eigenvalue weighted by atomic mass is 9.95. The van der Waals surface area contributed by atoms with Gasteiger partial charge in [0.1, 0.15) is 24.2 Å². The van der Waals surface area contributed by atoms with Crippen molar-refractivity contribution in [3.63, 3.8) is 0 Å². The SMILES string of the molecule is CC(C)C(c1ccc(NC(=O)Cc2ccc(F)cc2)c([N+](=O)[O-])c1)n1cncn1. The van der Waals surface area contributed by atoms with E-state index in [1.165, 1.54) is 42.7 Å². The number of benzene rings is 2. The van der Waals surface area contributed by atoms with E-state index in [1.54, 1.807) is 17.1 Å². The quantitative estimate of drug-likeness (QED) is 0.483. The molecule has 1 N–H and O–H groups in total. The number of anilines is 1. The molecule has 0 saturated carbocycles. The first kappa shape index (κ1) is 20.1. The molecule has 0 saturated heterocycles. The Morgan fingerprint density at radius 2 is 1.97 bits per heavy atom. The monoisotopic (exact) mass is 397 g/mol.